The van der Waals surface area contributed by atoms with Crippen LogP contribution in [0, 0.1) is 0 Å². The maximum atomic E-state index is 12.3. The first kappa shape index (κ1) is 13.5. The molecule has 1 aromatic rings. The second-order valence-corrected chi connectivity index (χ2v) is 3.81. The third-order valence-corrected chi connectivity index (χ3v) is 2.47. The van der Waals surface area contributed by atoms with Crippen LogP contribution >= 0.6 is 0 Å². The van der Waals surface area contributed by atoms with Gasteiger partial charge >= 0.3 is 6.18 Å². The lowest BCUT2D eigenvalue weighted by molar-refractivity contribution is -0.137. The number of carbonyl (C=O) groups is 1. The van der Waals surface area contributed by atoms with Crippen molar-refractivity contribution in [1.29, 1.82) is 0 Å². The summed E-state index contributed by atoms with van der Waals surface area (Å²) in [4.78, 5) is 11.7. The van der Waals surface area contributed by atoms with Crippen LogP contribution in [0.25, 0.3) is 0 Å². The van der Waals surface area contributed by atoms with Crippen molar-refractivity contribution in [3.63, 3.8) is 0 Å². The molecule has 0 saturated heterocycles. The quantitative estimate of drug-likeness (QED) is 0.572. The number of alkyl halides is 3. The maximum Gasteiger partial charge on any atom is 0.416 e. The molecule has 0 heterocycles. The lowest BCUT2D eigenvalue weighted by Gasteiger charge is -2.07. The number of Topliss-reactive ketones (excluding diaryl/α,β-unsaturated/α-hetero) is 1. The third kappa shape index (κ3) is 3.73. The molecule has 0 N–H and O–H groups in total. The normalized spacial score (nSPS) is 12.6. The molecule has 17 heavy (non-hydrogen) atoms. The minimum atomic E-state index is -4.36. The van der Waals surface area contributed by atoms with Gasteiger partial charge in [-0.3, -0.25) is 4.79 Å². The Morgan fingerprint density at radius 2 is 1.76 bits per heavy atom. The average molecular weight is 242 g/mol. The van der Waals surface area contributed by atoms with Gasteiger partial charge in [-0.15, -0.1) is 0 Å². The zero-order valence-corrected chi connectivity index (χ0v) is 9.64. The van der Waals surface area contributed by atoms with Crippen LogP contribution in [0.1, 0.15) is 36.2 Å². The molecule has 0 aliphatic heterocycles. The molecule has 0 aliphatic rings. The van der Waals surface area contributed by atoms with Gasteiger partial charge in [0.2, 0.25) is 0 Å². The number of hydrogen-bond donors (Lipinski definition) is 0. The molecule has 0 atom stereocenters. The van der Waals surface area contributed by atoms with Crippen LogP contribution in [0.4, 0.5) is 13.2 Å². The van der Waals surface area contributed by atoms with E-state index in [0.717, 1.165) is 17.7 Å². The van der Waals surface area contributed by atoms with Crippen LogP contribution < -0.4 is 0 Å². The number of hydrogen-bond acceptors (Lipinski definition) is 1. The van der Waals surface area contributed by atoms with E-state index in [4.69, 9.17) is 0 Å². The molecule has 1 aromatic carbocycles. The molecule has 92 valence electrons. The zero-order valence-electron chi connectivity index (χ0n) is 9.64. The topological polar surface area (TPSA) is 17.1 Å². The van der Waals surface area contributed by atoms with Crippen molar-refractivity contribution in [2.24, 2.45) is 0 Å². The number of halogens is 3. The van der Waals surface area contributed by atoms with E-state index in [1.54, 1.807) is 0 Å². The Morgan fingerprint density at radius 3 is 2.18 bits per heavy atom. The van der Waals surface area contributed by atoms with Crippen LogP contribution in [0.5, 0.6) is 0 Å². The molecule has 0 spiro atoms. The largest absolute Gasteiger partial charge is 0.416 e. The first-order valence-corrected chi connectivity index (χ1v) is 5.17. The smallest absolute Gasteiger partial charge is 0.294 e. The van der Waals surface area contributed by atoms with Gasteiger partial charge in [-0.25, -0.2) is 0 Å². The fourth-order valence-electron chi connectivity index (χ4n) is 1.30. The van der Waals surface area contributed by atoms with Crippen molar-refractivity contribution in [3.8, 4) is 0 Å². The van der Waals surface area contributed by atoms with Crippen LogP contribution in [-0.2, 0) is 6.18 Å². The van der Waals surface area contributed by atoms with E-state index >= 15 is 0 Å². The van der Waals surface area contributed by atoms with Gasteiger partial charge < -0.3 is 0 Å². The van der Waals surface area contributed by atoms with E-state index < -0.39 is 11.7 Å². The number of allylic oxidation sites excluding steroid dienone is 2. The second-order valence-electron chi connectivity index (χ2n) is 3.81. The van der Waals surface area contributed by atoms with Gasteiger partial charge in [-0.2, -0.15) is 13.2 Å². The molecule has 0 bridgehead atoms. The first-order valence-electron chi connectivity index (χ1n) is 5.17. The molecular weight excluding hydrogens is 229 g/mol. The van der Waals surface area contributed by atoms with Gasteiger partial charge in [0.25, 0.3) is 0 Å². The Balaban J connectivity index is 2.85. The standard InChI is InChI=1S/C13H13F3O/c1-3-9(2)8-12(17)10-4-6-11(7-5-10)13(14,15)16/h3-7H,8H2,1-2H3/b9-3-. The van der Waals surface area contributed by atoms with E-state index in [0.29, 0.717) is 5.56 Å². The molecule has 4 heteroatoms. The Hall–Kier alpha value is -1.58. The second kappa shape index (κ2) is 5.17. The SMILES string of the molecule is C/C=C(/C)CC(=O)c1ccc(C(F)(F)F)cc1. The molecule has 1 rings (SSSR count). The summed E-state index contributed by atoms with van der Waals surface area (Å²) in [6.45, 7) is 3.62. The molecule has 0 saturated carbocycles. The van der Waals surface area contributed by atoms with Crippen LogP contribution in [0.15, 0.2) is 35.9 Å². The molecule has 1 nitrogen and oxygen atoms in total. The van der Waals surface area contributed by atoms with Crippen molar-refractivity contribution in [1.82, 2.24) is 0 Å². The number of rotatable bonds is 3. The molecule has 0 aromatic heterocycles. The van der Waals surface area contributed by atoms with Crippen molar-refractivity contribution in [2.75, 3.05) is 0 Å². The zero-order chi connectivity index (χ0) is 13.1. The predicted molar refractivity (Wildman–Crippen MR) is 59.8 cm³/mol. The van der Waals surface area contributed by atoms with Crippen molar-refractivity contribution in [2.45, 2.75) is 26.4 Å². The van der Waals surface area contributed by atoms with E-state index in [-0.39, 0.29) is 12.2 Å². The third-order valence-electron chi connectivity index (χ3n) is 2.47. The van der Waals surface area contributed by atoms with Crippen molar-refractivity contribution in [3.05, 3.63) is 47.0 Å². The lowest BCUT2D eigenvalue weighted by atomic mass is 10.0. The maximum absolute atomic E-state index is 12.3. The van der Waals surface area contributed by atoms with Crippen LogP contribution in [0.2, 0.25) is 0 Å². The summed E-state index contributed by atoms with van der Waals surface area (Å²) in [6, 6.07) is 4.29. The molecule has 0 radical (unpaired) electrons. The highest BCUT2D eigenvalue weighted by molar-refractivity contribution is 5.97. The molecule has 0 amide bonds. The fraction of sp³-hybridized carbons (Fsp3) is 0.308. The van der Waals surface area contributed by atoms with Crippen molar-refractivity contribution >= 4 is 5.78 Å². The summed E-state index contributed by atoms with van der Waals surface area (Å²) in [5.74, 6) is -0.172. The summed E-state index contributed by atoms with van der Waals surface area (Å²) >= 11 is 0. The molecule has 0 fully saturated rings. The van der Waals surface area contributed by atoms with E-state index in [1.165, 1.54) is 12.1 Å². The number of carbonyl (C=O) groups excluding carboxylic acids is 1. The molecular formula is C13H13F3O. The number of benzene rings is 1. The first-order chi connectivity index (χ1) is 7.84. The lowest BCUT2D eigenvalue weighted by Crippen LogP contribution is -2.06. The summed E-state index contributed by atoms with van der Waals surface area (Å²) in [5, 5.41) is 0. The number of ketones is 1. The van der Waals surface area contributed by atoms with E-state index in [1.807, 2.05) is 19.9 Å². The minimum absolute atomic E-state index is 0.172. The average Bonchev–Trinajstić information content (AvgIpc) is 2.27. The summed E-state index contributed by atoms with van der Waals surface area (Å²) in [6.07, 6.45) is -2.31. The molecule has 0 unspecified atom stereocenters. The van der Waals surface area contributed by atoms with Gasteiger partial charge in [0.15, 0.2) is 5.78 Å². The Bertz CT molecular complexity index is 427. The Labute approximate surface area is 98.0 Å². The predicted octanol–water partition coefficient (Wildman–Crippen LogP) is 4.24. The summed E-state index contributed by atoms with van der Waals surface area (Å²) < 4.78 is 36.9. The van der Waals surface area contributed by atoms with Crippen molar-refractivity contribution < 1.29 is 18.0 Å². The van der Waals surface area contributed by atoms with Gasteiger partial charge in [-0.05, 0) is 26.0 Å². The highest BCUT2D eigenvalue weighted by atomic mass is 19.4. The summed E-state index contributed by atoms with van der Waals surface area (Å²) in [5.41, 5.74) is 0.464. The van der Waals surface area contributed by atoms with Gasteiger partial charge in [0.1, 0.15) is 0 Å². The highest BCUT2D eigenvalue weighted by Crippen LogP contribution is 2.29. The highest BCUT2D eigenvalue weighted by Gasteiger charge is 2.30. The van der Waals surface area contributed by atoms with E-state index in [2.05, 4.69) is 0 Å². The van der Waals surface area contributed by atoms with E-state index in [9.17, 15) is 18.0 Å². The monoisotopic (exact) mass is 242 g/mol. The van der Waals surface area contributed by atoms with Gasteiger partial charge in [0, 0.05) is 12.0 Å². The Morgan fingerprint density at radius 1 is 1.24 bits per heavy atom. The minimum Gasteiger partial charge on any atom is -0.294 e. The van der Waals surface area contributed by atoms with Crippen LogP contribution in [-0.4, -0.2) is 5.78 Å². The van der Waals surface area contributed by atoms with Gasteiger partial charge in [0.05, 0.1) is 5.56 Å². The van der Waals surface area contributed by atoms with Gasteiger partial charge in [-0.1, -0.05) is 23.8 Å². The fourth-order valence-corrected chi connectivity index (χ4v) is 1.30. The Kier molecular flexibility index (Phi) is 4.10. The molecule has 0 aliphatic carbocycles. The summed E-state index contributed by atoms with van der Waals surface area (Å²) in [7, 11) is 0. The van der Waals surface area contributed by atoms with Crippen LogP contribution in [0.3, 0.4) is 0 Å².